The molecule has 4 nitrogen and oxygen atoms in total. The SMILES string of the molecule is CCOCC(NC(C)c1cn(C)nc1C)C(C)C. The van der Waals surface area contributed by atoms with E-state index >= 15 is 0 Å². The molecule has 1 aromatic heterocycles. The van der Waals surface area contributed by atoms with Crippen LogP contribution >= 0.6 is 0 Å². The topological polar surface area (TPSA) is 39.1 Å². The molecule has 0 aromatic carbocycles. The highest BCUT2D eigenvalue weighted by atomic mass is 16.5. The van der Waals surface area contributed by atoms with E-state index < -0.39 is 0 Å². The van der Waals surface area contributed by atoms with E-state index in [1.807, 2.05) is 18.7 Å². The summed E-state index contributed by atoms with van der Waals surface area (Å²) in [6.45, 7) is 12.2. The molecule has 2 unspecified atom stereocenters. The van der Waals surface area contributed by atoms with Crippen molar-refractivity contribution in [2.75, 3.05) is 13.2 Å². The van der Waals surface area contributed by atoms with Gasteiger partial charge in [0.05, 0.1) is 12.3 Å². The van der Waals surface area contributed by atoms with Gasteiger partial charge in [-0.1, -0.05) is 13.8 Å². The van der Waals surface area contributed by atoms with Crippen LogP contribution in [0.25, 0.3) is 0 Å². The minimum absolute atomic E-state index is 0.298. The van der Waals surface area contributed by atoms with Crippen molar-refractivity contribution in [2.24, 2.45) is 13.0 Å². The number of ether oxygens (including phenoxy) is 1. The molecule has 0 amide bonds. The Bertz CT molecular complexity index is 360. The highest BCUT2D eigenvalue weighted by Gasteiger charge is 2.19. The van der Waals surface area contributed by atoms with Gasteiger partial charge in [-0.05, 0) is 26.7 Å². The molecule has 0 saturated carbocycles. The summed E-state index contributed by atoms with van der Waals surface area (Å²) in [5.74, 6) is 0.552. The van der Waals surface area contributed by atoms with Gasteiger partial charge in [-0.25, -0.2) is 0 Å². The van der Waals surface area contributed by atoms with Crippen molar-refractivity contribution in [3.8, 4) is 0 Å². The number of aryl methyl sites for hydroxylation is 2. The maximum absolute atomic E-state index is 5.55. The van der Waals surface area contributed by atoms with Gasteiger partial charge in [0, 0.05) is 37.5 Å². The summed E-state index contributed by atoms with van der Waals surface area (Å²) in [7, 11) is 1.96. The Kier molecular flexibility index (Phi) is 5.82. The van der Waals surface area contributed by atoms with E-state index in [4.69, 9.17) is 4.74 Å². The first-order valence-corrected chi connectivity index (χ1v) is 6.79. The van der Waals surface area contributed by atoms with Gasteiger partial charge in [0.1, 0.15) is 0 Å². The minimum atomic E-state index is 0.298. The van der Waals surface area contributed by atoms with Crippen LogP contribution < -0.4 is 5.32 Å². The van der Waals surface area contributed by atoms with Crippen LogP contribution in [-0.2, 0) is 11.8 Å². The van der Waals surface area contributed by atoms with Gasteiger partial charge in [0.2, 0.25) is 0 Å². The van der Waals surface area contributed by atoms with Gasteiger partial charge >= 0.3 is 0 Å². The molecule has 18 heavy (non-hydrogen) atoms. The molecule has 4 heteroatoms. The van der Waals surface area contributed by atoms with E-state index in [-0.39, 0.29) is 0 Å². The predicted octanol–water partition coefficient (Wildman–Crippen LogP) is 2.44. The molecule has 1 rings (SSSR count). The monoisotopic (exact) mass is 253 g/mol. The first kappa shape index (κ1) is 15.2. The van der Waals surface area contributed by atoms with Gasteiger partial charge < -0.3 is 10.1 Å². The van der Waals surface area contributed by atoms with Crippen molar-refractivity contribution in [2.45, 2.75) is 46.7 Å². The summed E-state index contributed by atoms with van der Waals surface area (Å²) in [5, 5.41) is 8.04. The number of aromatic nitrogens is 2. The molecular formula is C14H27N3O. The fraction of sp³-hybridized carbons (Fsp3) is 0.786. The lowest BCUT2D eigenvalue weighted by Crippen LogP contribution is -2.39. The van der Waals surface area contributed by atoms with Crippen LogP contribution in [0.3, 0.4) is 0 Å². The molecule has 1 N–H and O–H groups in total. The summed E-state index contributed by atoms with van der Waals surface area (Å²) in [6.07, 6.45) is 2.09. The van der Waals surface area contributed by atoms with Crippen molar-refractivity contribution in [3.63, 3.8) is 0 Å². The number of nitrogens with zero attached hydrogens (tertiary/aromatic N) is 2. The zero-order chi connectivity index (χ0) is 13.7. The highest BCUT2D eigenvalue weighted by Crippen LogP contribution is 2.17. The fourth-order valence-corrected chi connectivity index (χ4v) is 2.13. The maximum Gasteiger partial charge on any atom is 0.0641 e. The average molecular weight is 253 g/mol. The third-order valence-electron chi connectivity index (χ3n) is 3.29. The van der Waals surface area contributed by atoms with Crippen molar-refractivity contribution in [1.29, 1.82) is 0 Å². The Hall–Kier alpha value is -0.870. The number of hydrogen-bond donors (Lipinski definition) is 1. The second-order valence-electron chi connectivity index (χ2n) is 5.24. The lowest BCUT2D eigenvalue weighted by atomic mass is 10.0. The van der Waals surface area contributed by atoms with Crippen LogP contribution in [0.2, 0.25) is 0 Å². The Morgan fingerprint density at radius 1 is 1.39 bits per heavy atom. The third-order valence-corrected chi connectivity index (χ3v) is 3.29. The molecular weight excluding hydrogens is 226 g/mol. The molecule has 0 aliphatic rings. The zero-order valence-corrected chi connectivity index (χ0v) is 12.5. The second-order valence-corrected chi connectivity index (χ2v) is 5.24. The number of nitrogens with one attached hydrogen (secondary N) is 1. The van der Waals surface area contributed by atoms with Crippen molar-refractivity contribution in [1.82, 2.24) is 15.1 Å². The van der Waals surface area contributed by atoms with Crippen molar-refractivity contribution < 1.29 is 4.74 Å². The van der Waals surface area contributed by atoms with Crippen LogP contribution in [0.4, 0.5) is 0 Å². The molecule has 1 heterocycles. The van der Waals surface area contributed by atoms with Crippen LogP contribution in [0.15, 0.2) is 6.20 Å². The van der Waals surface area contributed by atoms with Crippen molar-refractivity contribution >= 4 is 0 Å². The molecule has 0 spiro atoms. The van der Waals surface area contributed by atoms with Crippen LogP contribution in [0, 0.1) is 12.8 Å². The summed E-state index contributed by atoms with van der Waals surface area (Å²) in [6, 6.07) is 0.672. The number of hydrogen-bond acceptors (Lipinski definition) is 3. The predicted molar refractivity (Wildman–Crippen MR) is 74.6 cm³/mol. The second kappa shape index (κ2) is 6.90. The van der Waals surface area contributed by atoms with E-state index in [2.05, 4.69) is 44.3 Å². The lowest BCUT2D eigenvalue weighted by Gasteiger charge is -2.26. The smallest absolute Gasteiger partial charge is 0.0641 e. The van der Waals surface area contributed by atoms with Gasteiger partial charge in [-0.15, -0.1) is 0 Å². The van der Waals surface area contributed by atoms with E-state index in [9.17, 15) is 0 Å². The van der Waals surface area contributed by atoms with Crippen molar-refractivity contribution in [3.05, 3.63) is 17.5 Å². The molecule has 1 aromatic rings. The van der Waals surface area contributed by atoms with E-state index in [1.165, 1.54) is 5.56 Å². The quantitative estimate of drug-likeness (QED) is 0.811. The number of rotatable bonds is 7. The van der Waals surface area contributed by atoms with Gasteiger partial charge in [-0.3, -0.25) is 4.68 Å². The third kappa shape index (κ3) is 4.10. The Morgan fingerprint density at radius 2 is 2.06 bits per heavy atom. The lowest BCUT2D eigenvalue weighted by molar-refractivity contribution is 0.104. The molecule has 0 fully saturated rings. The molecule has 0 saturated heterocycles. The normalized spacial score (nSPS) is 15.1. The minimum Gasteiger partial charge on any atom is -0.380 e. The molecule has 0 aliphatic heterocycles. The maximum atomic E-state index is 5.55. The van der Waals surface area contributed by atoms with Crippen LogP contribution in [0.5, 0.6) is 0 Å². The van der Waals surface area contributed by atoms with Gasteiger partial charge in [0.15, 0.2) is 0 Å². The van der Waals surface area contributed by atoms with Gasteiger partial charge in [0.25, 0.3) is 0 Å². The molecule has 2 atom stereocenters. The zero-order valence-electron chi connectivity index (χ0n) is 12.5. The largest absolute Gasteiger partial charge is 0.380 e. The fourth-order valence-electron chi connectivity index (χ4n) is 2.13. The van der Waals surface area contributed by atoms with Crippen LogP contribution in [-0.4, -0.2) is 29.0 Å². The summed E-state index contributed by atoms with van der Waals surface area (Å²) in [4.78, 5) is 0. The molecule has 0 bridgehead atoms. The average Bonchev–Trinajstić information content (AvgIpc) is 2.63. The Morgan fingerprint density at radius 3 is 2.50 bits per heavy atom. The molecule has 0 radical (unpaired) electrons. The Labute approximate surface area is 111 Å². The summed E-state index contributed by atoms with van der Waals surface area (Å²) < 4.78 is 7.42. The first-order chi connectivity index (χ1) is 8.45. The van der Waals surface area contributed by atoms with E-state index in [0.717, 1.165) is 18.9 Å². The summed E-state index contributed by atoms with van der Waals surface area (Å²) in [5.41, 5.74) is 2.36. The van der Waals surface area contributed by atoms with Crippen LogP contribution in [0.1, 0.15) is 45.0 Å². The molecule has 104 valence electrons. The summed E-state index contributed by atoms with van der Waals surface area (Å²) >= 11 is 0. The first-order valence-electron chi connectivity index (χ1n) is 6.79. The highest BCUT2D eigenvalue weighted by molar-refractivity contribution is 5.19. The van der Waals surface area contributed by atoms with E-state index in [1.54, 1.807) is 0 Å². The standard InChI is InChI=1S/C14H27N3O/c1-7-18-9-14(10(2)3)15-11(4)13-8-17(6)16-12(13)5/h8,10-11,14-15H,7,9H2,1-6H3. The molecule has 0 aliphatic carbocycles. The van der Waals surface area contributed by atoms with E-state index in [0.29, 0.717) is 18.0 Å². The van der Waals surface area contributed by atoms with Gasteiger partial charge in [-0.2, -0.15) is 5.10 Å². The Balaban J connectivity index is 2.65.